The van der Waals surface area contributed by atoms with Crippen molar-refractivity contribution in [1.29, 1.82) is 5.26 Å². The minimum atomic E-state index is -0.496. The van der Waals surface area contributed by atoms with Crippen LogP contribution in [0.4, 0.5) is 0 Å². The zero-order valence-electron chi connectivity index (χ0n) is 19.0. The van der Waals surface area contributed by atoms with Crippen LogP contribution in [-0.4, -0.2) is 30.3 Å². The second-order valence-corrected chi connectivity index (χ2v) is 8.15. The van der Waals surface area contributed by atoms with Crippen molar-refractivity contribution in [3.63, 3.8) is 0 Å². The standard InChI is InChI=1S/C28H26N4O2/c1-30-26(33)16-21-11-12-23-24(18-32-25(23)15-21)28(34)27(22-5-3-2-4-6-22)31-14-13-19-7-9-20(17-29)10-8-19/h2-12,15,18,27,31-32H,13-14,16H2,1H3,(H,30,33)/t27-/m0/s1. The molecule has 1 aromatic heterocycles. The Morgan fingerprint density at radius 3 is 2.44 bits per heavy atom. The van der Waals surface area contributed by atoms with Gasteiger partial charge in [-0.05, 0) is 41.3 Å². The fraction of sp³-hybridized carbons (Fsp3) is 0.179. The molecule has 3 aromatic carbocycles. The smallest absolute Gasteiger partial charge is 0.224 e. The Hall–Kier alpha value is -4.21. The summed E-state index contributed by atoms with van der Waals surface area (Å²) in [7, 11) is 1.62. The highest BCUT2D eigenvalue weighted by Crippen LogP contribution is 2.26. The van der Waals surface area contributed by atoms with Gasteiger partial charge in [-0.3, -0.25) is 9.59 Å². The maximum Gasteiger partial charge on any atom is 0.224 e. The molecule has 1 atom stereocenters. The van der Waals surface area contributed by atoms with E-state index in [-0.39, 0.29) is 18.1 Å². The molecule has 0 unspecified atom stereocenters. The fourth-order valence-corrected chi connectivity index (χ4v) is 4.03. The molecule has 0 spiro atoms. The summed E-state index contributed by atoms with van der Waals surface area (Å²) in [6, 6.07) is 24.5. The van der Waals surface area contributed by atoms with E-state index in [2.05, 4.69) is 21.7 Å². The molecule has 4 aromatic rings. The molecule has 0 aliphatic heterocycles. The summed E-state index contributed by atoms with van der Waals surface area (Å²) in [6.45, 7) is 0.607. The molecule has 0 bridgehead atoms. The molecule has 1 amide bonds. The minimum Gasteiger partial charge on any atom is -0.360 e. The van der Waals surface area contributed by atoms with Crippen molar-refractivity contribution in [2.45, 2.75) is 18.9 Å². The molecule has 0 aliphatic rings. The van der Waals surface area contributed by atoms with E-state index in [1.165, 1.54) is 0 Å². The topological polar surface area (TPSA) is 97.8 Å². The normalized spacial score (nSPS) is 11.6. The Balaban J connectivity index is 1.55. The zero-order chi connectivity index (χ0) is 23.9. The number of Topliss-reactive ketones (excluding diaryl/α,β-unsaturated/α-hetero) is 1. The number of amides is 1. The number of hydrogen-bond donors (Lipinski definition) is 3. The van der Waals surface area contributed by atoms with Crippen LogP contribution in [0, 0.1) is 11.3 Å². The predicted molar refractivity (Wildman–Crippen MR) is 132 cm³/mol. The molecule has 0 aliphatic carbocycles. The molecule has 0 saturated carbocycles. The molecule has 0 fully saturated rings. The second kappa shape index (κ2) is 10.6. The number of ketones is 1. The Bertz CT molecular complexity index is 1330. The number of carbonyl (C=O) groups is 2. The minimum absolute atomic E-state index is 0.0173. The number of H-pyrrole nitrogens is 1. The number of nitrogens with one attached hydrogen (secondary N) is 3. The van der Waals surface area contributed by atoms with Crippen LogP contribution >= 0.6 is 0 Å². The number of nitrogens with zero attached hydrogens (tertiary/aromatic N) is 1. The highest BCUT2D eigenvalue weighted by atomic mass is 16.1. The summed E-state index contributed by atoms with van der Waals surface area (Å²) in [4.78, 5) is 28.6. The summed E-state index contributed by atoms with van der Waals surface area (Å²) in [6.07, 6.45) is 2.77. The molecular formula is C28H26N4O2. The number of rotatable bonds is 9. The van der Waals surface area contributed by atoms with Crippen molar-refractivity contribution in [3.8, 4) is 6.07 Å². The lowest BCUT2D eigenvalue weighted by molar-refractivity contribution is -0.119. The maximum absolute atomic E-state index is 13.7. The fourth-order valence-electron chi connectivity index (χ4n) is 4.03. The van der Waals surface area contributed by atoms with Crippen LogP contribution in [0.3, 0.4) is 0 Å². The number of fused-ring (bicyclic) bond motifs is 1. The average molecular weight is 451 g/mol. The Morgan fingerprint density at radius 2 is 1.74 bits per heavy atom. The molecule has 3 N–H and O–H groups in total. The monoisotopic (exact) mass is 450 g/mol. The van der Waals surface area contributed by atoms with Gasteiger partial charge in [0.05, 0.1) is 24.1 Å². The van der Waals surface area contributed by atoms with Crippen molar-refractivity contribution >= 4 is 22.6 Å². The largest absolute Gasteiger partial charge is 0.360 e. The van der Waals surface area contributed by atoms with Crippen molar-refractivity contribution in [2.75, 3.05) is 13.6 Å². The van der Waals surface area contributed by atoms with E-state index in [0.717, 1.165) is 34.0 Å². The zero-order valence-corrected chi connectivity index (χ0v) is 19.0. The Kier molecular flexibility index (Phi) is 7.16. The maximum atomic E-state index is 13.7. The van der Waals surface area contributed by atoms with Gasteiger partial charge >= 0.3 is 0 Å². The Labute approximate surface area is 198 Å². The molecule has 4 rings (SSSR count). The van der Waals surface area contributed by atoms with Crippen LogP contribution in [-0.2, 0) is 17.6 Å². The van der Waals surface area contributed by atoms with Crippen molar-refractivity contribution in [3.05, 3.63) is 107 Å². The molecule has 0 saturated heterocycles. The summed E-state index contributed by atoms with van der Waals surface area (Å²) in [5.41, 5.74) is 4.95. The van der Waals surface area contributed by atoms with Gasteiger partial charge in [0, 0.05) is 36.3 Å². The van der Waals surface area contributed by atoms with Gasteiger partial charge in [0.1, 0.15) is 0 Å². The van der Waals surface area contributed by atoms with Crippen molar-refractivity contribution < 1.29 is 9.59 Å². The molecule has 1 heterocycles. The molecular weight excluding hydrogens is 424 g/mol. The highest BCUT2D eigenvalue weighted by Gasteiger charge is 2.24. The van der Waals surface area contributed by atoms with Gasteiger partial charge in [0.15, 0.2) is 5.78 Å². The predicted octanol–water partition coefficient (Wildman–Crippen LogP) is 4.08. The van der Waals surface area contributed by atoms with Gasteiger partial charge in [-0.15, -0.1) is 0 Å². The van der Waals surface area contributed by atoms with Gasteiger partial charge in [-0.1, -0.05) is 54.6 Å². The number of likely N-dealkylation sites (N-methyl/N-ethyl adjacent to an activating group) is 1. The molecule has 170 valence electrons. The van der Waals surface area contributed by atoms with E-state index in [1.807, 2.05) is 60.7 Å². The van der Waals surface area contributed by atoms with E-state index in [1.54, 1.807) is 25.4 Å². The highest BCUT2D eigenvalue weighted by molar-refractivity contribution is 6.10. The van der Waals surface area contributed by atoms with Crippen molar-refractivity contribution in [2.24, 2.45) is 0 Å². The van der Waals surface area contributed by atoms with Gasteiger partial charge < -0.3 is 15.6 Å². The quantitative estimate of drug-likeness (QED) is 0.335. The summed E-state index contributed by atoms with van der Waals surface area (Å²) in [5.74, 6) is -0.0749. The molecule has 0 radical (unpaired) electrons. The number of carbonyl (C=O) groups excluding carboxylic acids is 2. The van der Waals surface area contributed by atoms with E-state index >= 15 is 0 Å². The summed E-state index contributed by atoms with van der Waals surface area (Å²) in [5, 5.41) is 15.9. The van der Waals surface area contributed by atoms with Gasteiger partial charge in [-0.2, -0.15) is 5.26 Å². The van der Waals surface area contributed by atoms with E-state index in [4.69, 9.17) is 5.26 Å². The first-order valence-corrected chi connectivity index (χ1v) is 11.2. The Morgan fingerprint density at radius 1 is 1.00 bits per heavy atom. The second-order valence-electron chi connectivity index (χ2n) is 8.15. The third-order valence-corrected chi connectivity index (χ3v) is 5.90. The van der Waals surface area contributed by atoms with Crippen LogP contribution < -0.4 is 10.6 Å². The van der Waals surface area contributed by atoms with Crippen LogP contribution in [0.25, 0.3) is 10.9 Å². The number of nitriles is 1. The summed E-state index contributed by atoms with van der Waals surface area (Å²) >= 11 is 0. The number of hydrogen-bond acceptors (Lipinski definition) is 4. The van der Waals surface area contributed by atoms with E-state index in [9.17, 15) is 9.59 Å². The average Bonchev–Trinajstić information content (AvgIpc) is 3.30. The van der Waals surface area contributed by atoms with Crippen LogP contribution in [0.15, 0.2) is 79.0 Å². The number of aromatic nitrogens is 1. The summed E-state index contributed by atoms with van der Waals surface area (Å²) < 4.78 is 0. The SMILES string of the molecule is CNC(=O)Cc1ccc2c(C(=O)[C@@H](NCCc3ccc(C#N)cc3)c3ccccc3)c[nH]c2c1. The van der Waals surface area contributed by atoms with Crippen molar-refractivity contribution in [1.82, 2.24) is 15.6 Å². The lowest BCUT2D eigenvalue weighted by Gasteiger charge is -2.18. The molecule has 34 heavy (non-hydrogen) atoms. The number of aromatic amines is 1. The van der Waals surface area contributed by atoms with Gasteiger partial charge in [0.2, 0.25) is 5.91 Å². The number of benzene rings is 3. The van der Waals surface area contributed by atoms with Crippen LogP contribution in [0.5, 0.6) is 0 Å². The molecule has 6 heteroatoms. The lowest BCUT2D eigenvalue weighted by atomic mass is 9.96. The third kappa shape index (κ3) is 5.22. The van der Waals surface area contributed by atoms with Crippen LogP contribution in [0.2, 0.25) is 0 Å². The first-order chi connectivity index (χ1) is 16.6. The first-order valence-electron chi connectivity index (χ1n) is 11.2. The van der Waals surface area contributed by atoms with Gasteiger partial charge in [0.25, 0.3) is 0 Å². The first kappa shape index (κ1) is 23.0. The molecule has 6 nitrogen and oxygen atoms in total. The third-order valence-electron chi connectivity index (χ3n) is 5.90. The van der Waals surface area contributed by atoms with Crippen LogP contribution in [0.1, 0.15) is 38.7 Å². The lowest BCUT2D eigenvalue weighted by Crippen LogP contribution is -2.30. The van der Waals surface area contributed by atoms with E-state index in [0.29, 0.717) is 17.7 Å². The van der Waals surface area contributed by atoms with Gasteiger partial charge in [-0.25, -0.2) is 0 Å². The van der Waals surface area contributed by atoms with E-state index < -0.39 is 6.04 Å².